The van der Waals surface area contributed by atoms with Crippen molar-refractivity contribution in [2.24, 2.45) is 5.92 Å². The normalized spacial score (nSPS) is 17.6. The van der Waals surface area contributed by atoms with Crippen molar-refractivity contribution in [1.82, 2.24) is 10.3 Å². The van der Waals surface area contributed by atoms with E-state index in [1.165, 1.54) is 23.5 Å². The third-order valence-corrected chi connectivity index (χ3v) is 4.87. The van der Waals surface area contributed by atoms with Crippen LogP contribution in [0, 0.1) is 18.7 Å². The molecule has 1 aliphatic rings. The number of hydrogen-bond donors (Lipinski definition) is 1. The van der Waals surface area contributed by atoms with Crippen LogP contribution in [0.1, 0.15) is 21.8 Å². The highest BCUT2D eigenvalue weighted by molar-refractivity contribution is 7.17. The molecule has 0 spiro atoms. The summed E-state index contributed by atoms with van der Waals surface area (Å²) in [6, 6.07) is 6.13. The van der Waals surface area contributed by atoms with Gasteiger partial charge in [-0.05, 0) is 37.6 Å². The molecule has 4 nitrogen and oxygen atoms in total. The third kappa shape index (κ3) is 3.34. The van der Waals surface area contributed by atoms with Crippen molar-refractivity contribution in [2.45, 2.75) is 13.3 Å². The Balaban J connectivity index is 1.71. The smallest absolute Gasteiger partial charge is 0.263 e. The fourth-order valence-corrected chi connectivity index (χ4v) is 3.37. The molecule has 1 saturated heterocycles. The first kappa shape index (κ1) is 15.1. The molecule has 1 fully saturated rings. The van der Waals surface area contributed by atoms with Crippen LogP contribution in [-0.4, -0.2) is 30.6 Å². The molecule has 0 bridgehead atoms. The average molecular weight is 320 g/mol. The van der Waals surface area contributed by atoms with E-state index in [0.717, 1.165) is 23.6 Å². The molecule has 1 aliphatic heterocycles. The minimum Gasteiger partial charge on any atom is -0.381 e. The largest absolute Gasteiger partial charge is 0.381 e. The van der Waals surface area contributed by atoms with E-state index in [0.29, 0.717) is 29.6 Å². The number of halogens is 1. The molecule has 116 valence electrons. The van der Waals surface area contributed by atoms with E-state index in [2.05, 4.69) is 10.3 Å². The molecular weight excluding hydrogens is 303 g/mol. The van der Waals surface area contributed by atoms with Gasteiger partial charge in [-0.25, -0.2) is 9.37 Å². The van der Waals surface area contributed by atoms with E-state index in [1.54, 1.807) is 12.1 Å². The van der Waals surface area contributed by atoms with Gasteiger partial charge >= 0.3 is 0 Å². The number of carbonyl (C=O) groups is 1. The quantitative estimate of drug-likeness (QED) is 0.942. The Hall–Kier alpha value is -1.79. The van der Waals surface area contributed by atoms with Gasteiger partial charge in [0, 0.05) is 24.6 Å². The van der Waals surface area contributed by atoms with Crippen LogP contribution >= 0.6 is 11.3 Å². The first-order valence-corrected chi connectivity index (χ1v) is 8.04. The van der Waals surface area contributed by atoms with Crippen LogP contribution in [0.3, 0.4) is 0 Å². The van der Waals surface area contributed by atoms with Gasteiger partial charge in [0.1, 0.15) is 15.7 Å². The molecule has 0 saturated carbocycles. The first-order valence-electron chi connectivity index (χ1n) is 7.23. The Bertz CT molecular complexity index is 663. The van der Waals surface area contributed by atoms with Crippen molar-refractivity contribution in [3.05, 3.63) is 40.7 Å². The summed E-state index contributed by atoms with van der Waals surface area (Å²) in [4.78, 5) is 17.3. The fourth-order valence-electron chi connectivity index (χ4n) is 2.38. The molecule has 0 aliphatic carbocycles. The maximum absolute atomic E-state index is 13.0. The van der Waals surface area contributed by atoms with Crippen LogP contribution in [0.15, 0.2) is 24.3 Å². The van der Waals surface area contributed by atoms with Gasteiger partial charge in [0.2, 0.25) is 0 Å². The topological polar surface area (TPSA) is 51.2 Å². The van der Waals surface area contributed by atoms with Crippen molar-refractivity contribution in [1.29, 1.82) is 0 Å². The molecule has 22 heavy (non-hydrogen) atoms. The zero-order valence-corrected chi connectivity index (χ0v) is 13.1. The average Bonchev–Trinajstić information content (AvgIpc) is 3.15. The summed E-state index contributed by atoms with van der Waals surface area (Å²) in [5, 5.41) is 3.68. The van der Waals surface area contributed by atoms with Crippen molar-refractivity contribution in [3.8, 4) is 10.6 Å². The summed E-state index contributed by atoms with van der Waals surface area (Å²) in [5.41, 5.74) is 1.52. The lowest BCUT2D eigenvalue weighted by Gasteiger charge is -2.08. The van der Waals surface area contributed by atoms with E-state index in [4.69, 9.17) is 4.74 Å². The number of hydrogen-bond acceptors (Lipinski definition) is 4. The van der Waals surface area contributed by atoms with Crippen molar-refractivity contribution in [2.75, 3.05) is 19.8 Å². The molecule has 3 rings (SSSR count). The Labute approximate surface area is 132 Å². The highest BCUT2D eigenvalue weighted by Gasteiger charge is 2.20. The summed E-state index contributed by atoms with van der Waals surface area (Å²) >= 11 is 1.33. The van der Waals surface area contributed by atoms with Crippen molar-refractivity contribution < 1.29 is 13.9 Å². The maximum atomic E-state index is 13.0. The molecule has 6 heteroatoms. The van der Waals surface area contributed by atoms with Crippen LogP contribution < -0.4 is 5.32 Å². The van der Waals surface area contributed by atoms with Crippen LogP contribution in [-0.2, 0) is 4.74 Å². The Morgan fingerprint density at radius 2 is 2.23 bits per heavy atom. The van der Waals surface area contributed by atoms with Gasteiger partial charge in [0.25, 0.3) is 5.91 Å². The summed E-state index contributed by atoms with van der Waals surface area (Å²) in [6.45, 7) is 3.93. The number of aromatic nitrogens is 1. The summed E-state index contributed by atoms with van der Waals surface area (Å²) < 4.78 is 18.3. The van der Waals surface area contributed by atoms with Gasteiger partial charge in [-0.1, -0.05) is 0 Å². The van der Waals surface area contributed by atoms with Crippen LogP contribution in [0.4, 0.5) is 4.39 Å². The van der Waals surface area contributed by atoms with Crippen LogP contribution in [0.5, 0.6) is 0 Å². The number of benzene rings is 1. The third-order valence-electron chi connectivity index (χ3n) is 3.67. The number of carbonyl (C=O) groups excluding carboxylic acids is 1. The summed E-state index contributed by atoms with van der Waals surface area (Å²) in [5.74, 6) is 0.0118. The van der Waals surface area contributed by atoms with Gasteiger partial charge in [-0.15, -0.1) is 11.3 Å². The minimum atomic E-state index is -0.284. The zero-order valence-electron chi connectivity index (χ0n) is 12.3. The lowest BCUT2D eigenvalue weighted by molar-refractivity contribution is 0.0948. The molecule has 1 aromatic heterocycles. The molecular formula is C16H17FN2O2S. The second-order valence-corrected chi connectivity index (χ2v) is 6.38. The minimum absolute atomic E-state index is 0.102. The highest BCUT2D eigenvalue weighted by Crippen LogP contribution is 2.28. The summed E-state index contributed by atoms with van der Waals surface area (Å²) in [6.07, 6.45) is 0.989. The lowest BCUT2D eigenvalue weighted by atomic mass is 10.1. The van der Waals surface area contributed by atoms with Gasteiger partial charge < -0.3 is 10.1 Å². The zero-order chi connectivity index (χ0) is 15.5. The van der Waals surface area contributed by atoms with Crippen LogP contribution in [0.2, 0.25) is 0 Å². The van der Waals surface area contributed by atoms with Gasteiger partial charge in [-0.2, -0.15) is 0 Å². The second-order valence-electron chi connectivity index (χ2n) is 5.38. The maximum Gasteiger partial charge on any atom is 0.263 e. The predicted molar refractivity (Wildman–Crippen MR) is 83.5 cm³/mol. The Kier molecular flexibility index (Phi) is 4.49. The van der Waals surface area contributed by atoms with E-state index < -0.39 is 0 Å². The van der Waals surface area contributed by atoms with E-state index in [-0.39, 0.29) is 11.7 Å². The number of aryl methyl sites for hydroxylation is 1. The second kappa shape index (κ2) is 6.54. The van der Waals surface area contributed by atoms with E-state index in [1.807, 2.05) is 6.92 Å². The van der Waals surface area contributed by atoms with E-state index >= 15 is 0 Å². The Morgan fingerprint density at radius 3 is 2.91 bits per heavy atom. The summed E-state index contributed by atoms with van der Waals surface area (Å²) in [7, 11) is 0. The first-order chi connectivity index (χ1) is 10.6. The van der Waals surface area contributed by atoms with Crippen molar-refractivity contribution in [3.63, 3.8) is 0 Å². The van der Waals surface area contributed by atoms with Gasteiger partial charge in [0.05, 0.1) is 12.3 Å². The number of nitrogens with zero attached hydrogens (tertiary/aromatic N) is 1. The molecule has 0 radical (unpaired) electrons. The predicted octanol–water partition coefficient (Wildman–Crippen LogP) is 3.02. The number of rotatable bonds is 4. The number of thiazole rings is 1. The van der Waals surface area contributed by atoms with Crippen molar-refractivity contribution >= 4 is 17.2 Å². The number of amides is 1. The van der Waals surface area contributed by atoms with Crippen LogP contribution in [0.25, 0.3) is 10.6 Å². The fraction of sp³-hybridized carbons (Fsp3) is 0.375. The van der Waals surface area contributed by atoms with Gasteiger partial charge in [-0.3, -0.25) is 4.79 Å². The monoisotopic (exact) mass is 320 g/mol. The molecule has 1 atom stereocenters. The van der Waals surface area contributed by atoms with Gasteiger partial charge in [0.15, 0.2) is 0 Å². The number of nitrogens with one attached hydrogen (secondary N) is 1. The molecule has 1 amide bonds. The highest BCUT2D eigenvalue weighted by atomic mass is 32.1. The number of ether oxygens (including phenoxy) is 1. The Morgan fingerprint density at radius 1 is 1.45 bits per heavy atom. The molecule has 1 unspecified atom stereocenters. The molecule has 1 N–H and O–H groups in total. The molecule has 2 heterocycles. The SMILES string of the molecule is Cc1nc(-c2ccc(F)cc2)sc1C(=O)NCC1CCOC1. The molecule has 1 aromatic carbocycles. The lowest BCUT2D eigenvalue weighted by Crippen LogP contribution is -2.29. The molecule has 2 aromatic rings. The van der Waals surface area contributed by atoms with E-state index in [9.17, 15) is 9.18 Å². The standard InChI is InChI=1S/C16H17FN2O2S/c1-10-14(15(20)18-8-11-6-7-21-9-11)22-16(19-10)12-2-4-13(17)5-3-12/h2-5,11H,6-9H2,1H3,(H,18,20).